The van der Waals surface area contributed by atoms with Gasteiger partial charge in [0.2, 0.25) is 5.95 Å². The highest BCUT2D eigenvalue weighted by Gasteiger charge is 2.24. The van der Waals surface area contributed by atoms with Gasteiger partial charge in [-0.05, 0) is 18.9 Å². The van der Waals surface area contributed by atoms with Crippen LogP contribution < -0.4 is 5.32 Å². The van der Waals surface area contributed by atoms with Gasteiger partial charge in [0, 0.05) is 30.2 Å². The van der Waals surface area contributed by atoms with Gasteiger partial charge in [-0.3, -0.25) is 0 Å². The van der Waals surface area contributed by atoms with E-state index < -0.39 is 0 Å². The van der Waals surface area contributed by atoms with Crippen LogP contribution in [0.2, 0.25) is 0 Å². The Morgan fingerprint density at radius 2 is 1.87 bits per heavy atom. The van der Waals surface area contributed by atoms with E-state index >= 15 is 0 Å². The summed E-state index contributed by atoms with van der Waals surface area (Å²) in [7, 11) is 0. The molecule has 0 saturated carbocycles. The molecule has 4 heteroatoms. The van der Waals surface area contributed by atoms with E-state index in [1.54, 1.807) is 18.5 Å². The maximum absolute atomic E-state index is 6.01. The molecular weight excluding hydrogens is 210 g/mol. The Kier molecular flexibility index (Phi) is 4.82. The van der Waals surface area contributed by atoms with Crippen molar-refractivity contribution in [2.45, 2.75) is 26.7 Å². The summed E-state index contributed by atoms with van der Waals surface area (Å²) in [6.07, 6.45) is 5.59. The van der Waals surface area contributed by atoms with Crippen molar-refractivity contribution in [1.29, 1.82) is 0 Å². The lowest BCUT2D eigenvalue weighted by molar-refractivity contribution is 0.326. The molecule has 0 radical (unpaired) electrons. The average molecular weight is 228 g/mol. The molecule has 1 N–H and O–H groups in total. The number of rotatable bonds is 6. The fourth-order valence-electron chi connectivity index (χ4n) is 1.39. The number of anilines is 1. The van der Waals surface area contributed by atoms with Crippen LogP contribution in [0, 0.1) is 5.41 Å². The van der Waals surface area contributed by atoms with Crippen LogP contribution in [-0.4, -0.2) is 22.4 Å². The highest BCUT2D eigenvalue weighted by molar-refractivity contribution is 6.18. The first kappa shape index (κ1) is 12.2. The molecule has 0 bridgehead atoms. The second kappa shape index (κ2) is 5.91. The maximum Gasteiger partial charge on any atom is 0.222 e. The monoisotopic (exact) mass is 227 g/mol. The molecule has 0 aliphatic rings. The summed E-state index contributed by atoms with van der Waals surface area (Å²) >= 11 is 6.01. The zero-order valence-corrected chi connectivity index (χ0v) is 10.1. The predicted molar refractivity (Wildman–Crippen MR) is 64.3 cm³/mol. The minimum atomic E-state index is 0.154. The highest BCUT2D eigenvalue weighted by Crippen LogP contribution is 2.27. The summed E-state index contributed by atoms with van der Waals surface area (Å²) in [4.78, 5) is 8.24. The van der Waals surface area contributed by atoms with E-state index in [0.717, 1.165) is 19.4 Å². The van der Waals surface area contributed by atoms with Gasteiger partial charge in [0.25, 0.3) is 0 Å². The van der Waals surface area contributed by atoms with Crippen molar-refractivity contribution < 1.29 is 0 Å². The fourth-order valence-corrected chi connectivity index (χ4v) is 1.87. The quantitative estimate of drug-likeness (QED) is 0.760. The Morgan fingerprint density at radius 3 is 2.33 bits per heavy atom. The molecule has 0 aliphatic carbocycles. The van der Waals surface area contributed by atoms with Gasteiger partial charge < -0.3 is 5.32 Å². The molecule has 0 aromatic carbocycles. The van der Waals surface area contributed by atoms with Crippen LogP contribution in [0.25, 0.3) is 0 Å². The Bertz CT molecular complexity index is 264. The maximum atomic E-state index is 6.01. The standard InChI is InChI=1S/C11H18ClN3/c1-3-11(4-2,8-12)9-15-10-13-6-5-7-14-10/h5-7H,3-4,8-9H2,1-2H3,(H,13,14,15). The van der Waals surface area contributed by atoms with Gasteiger partial charge in [-0.2, -0.15) is 0 Å². The molecule has 15 heavy (non-hydrogen) atoms. The minimum Gasteiger partial charge on any atom is -0.354 e. The third-order valence-corrected chi connectivity index (χ3v) is 3.54. The molecule has 0 amide bonds. The molecule has 0 unspecified atom stereocenters. The second-order valence-corrected chi connectivity index (χ2v) is 4.03. The smallest absolute Gasteiger partial charge is 0.222 e. The van der Waals surface area contributed by atoms with Crippen molar-refractivity contribution in [2.75, 3.05) is 17.7 Å². The molecule has 0 fully saturated rings. The van der Waals surface area contributed by atoms with Crippen LogP contribution in [0.5, 0.6) is 0 Å². The second-order valence-electron chi connectivity index (χ2n) is 3.77. The highest BCUT2D eigenvalue weighted by atomic mass is 35.5. The molecule has 0 aliphatic heterocycles. The Hall–Kier alpha value is -0.830. The van der Waals surface area contributed by atoms with Crippen molar-refractivity contribution in [1.82, 2.24) is 9.97 Å². The Balaban J connectivity index is 2.54. The number of nitrogens with zero attached hydrogens (tertiary/aromatic N) is 2. The van der Waals surface area contributed by atoms with Crippen molar-refractivity contribution in [3.05, 3.63) is 18.5 Å². The van der Waals surface area contributed by atoms with Gasteiger partial charge in [0.05, 0.1) is 0 Å². The largest absolute Gasteiger partial charge is 0.354 e. The normalized spacial score (nSPS) is 11.4. The third-order valence-electron chi connectivity index (χ3n) is 2.97. The first-order valence-electron chi connectivity index (χ1n) is 5.33. The number of alkyl halides is 1. The van der Waals surface area contributed by atoms with Crippen LogP contribution in [0.3, 0.4) is 0 Å². The number of nitrogens with one attached hydrogen (secondary N) is 1. The van der Waals surface area contributed by atoms with Crippen molar-refractivity contribution in [3.63, 3.8) is 0 Å². The lowest BCUT2D eigenvalue weighted by atomic mass is 9.84. The van der Waals surface area contributed by atoms with Crippen LogP contribution in [0.4, 0.5) is 5.95 Å². The summed E-state index contributed by atoms with van der Waals surface area (Å²) in [5, 5.41) is 3.23. The summed E-state index contributed by atoms with van der Waals surface area (Å²) in [5.74, 6) is 1.34. The topological polar surface area (TPSA) is 37.8 Å². The lowest BCUT2D eigenvalue weighted by Crippen LogP contribution is -2.30. The van der Waals surface area contributed by atoms with Crippen LogP contribution in [0.1, 0.15) is 26.7 Å². The minimum absolute atomic E-state index is 0.154. The Morgan fingerprint density at radius 1 is 1.27 bits per heavy atom. The molecule has 1 rings (SSSR count). The lowest BCUT2D eigenvalue weighted by Gasteiger charge is -2.29. The van der Waals surface area contributed by atoms with E-state index in [1.807, 2.05) is 0 Å². The van der Waals surface area contributed by atoms with Gasteiger partial charge in [-0.15, -0.1) is 11.6 Å². The van der Waals surface area contributed by atoms with E-state index in [4.69, 9.17) is 11.6 Å². The van der Waals surface area contributed by atoms with Gasteiger partial charge in [0.15, 0.2) is 0 Å². The number of halogens is 1. The van der Waals surface area contributed by atoms with E-state index in [-0.39, 0.29) is 5.41 Å². The SMILES string of the molecule is CCC(CC)(CCl)CNc1ncccn1. The van der Waals surface area contributed by atoms with Crippen molar-refractivity contribution in [2.24, 2.45) is 5.41 Å². The van der Waals surface area contributed by atoms with Crippen molar-refractivity contribution >= 4 is 17.5 Å². The van der Waals surface area contributed by atoms with Crippen LogP contribution >= 0.6 is 11.6 Å². The first-order valence-corrected chi connectivity index (χ1v) is 5.86. The molecule has 84 valence electrons. The number of hydrogen-bond acceptors (Lipinski definition) is 3. The van der Waals surface area contributed by atoms with Gasteiger partial charge >= 0.3 is 0 Å². The van der Waals surface area contributed by atoms with Gasteiger partial charge in [-0.1, -0.05) is 13.8 Å². The van der Waals surface area contributed by atoms with Crippen LogP contribution in [-0.2, 0) is 0 Å². The van der Waals surface area contributed by atoms with Crippen LogP contribution in [0.15, 0.2) is 18.5 Å². The molecule has 3 nitrogen and oxygen atoms in total. The average Bonchev–Trinajstić information content (AvgIpc) is 2.33. The van der Waals surface area contributed by atoms with E-state index in [1.165, 1.54) is 0 Å². The third kappa shape index (κ3) is 3.34. The van der Waals surface area contributed by atoms with Crippen molar-refractivity contribution in [3.8, 4) is 0 Å². The van der Waals surface area contributed by atoms with E-state index in [0.29, 0.717) is 11.8 Å². The first-order chi connectivity index (χ1) is 7.26. The van der Waals surface area contributed by atoms with E-state index in [2.05, 4.69) is 29.1 Å². The molecule has 0 spiro atoms. The van der Waals surface area contributed by atoms with E-state index in [9.17, 15) is 0 Å². The molecular formula is C11H18ClN3. The predicted octanol–water partition coefficient (Wildman–Crippen LogP) is 2.93. The fraction of sp³-hybridized carbons (Fsp3) is 0.636. The summed E-state index contributed by atoms with van der Waals surface area (Å²) < 4.78 is 0. The molecule has 1 heterocycles. The Labute approximate surface area is 96.3 Å². The summed E-state index contributed by atoms with van der Waals surface area (Å²) in [6, 6.07) is 1.81. The summed E-state index contributed by atoms with van der Waals surface area (Å²) in [5.41, 5.74) is 0.154. The van der Waals surface area contributed by atoms with Gasteiger partial charge in [-0.25, -0.2) is 9.97 Å². The number of hydrogen-bond donors (Lipinski definition) is 1. The zero-order valence-electron chi connectivity index (χ0n) is 9.33. The number of aromatic nitrogens is 2. The summed E-state index contributed by atoms with van der Waals surface area (Å²) in [6.45, 7) is 5.16. The van der Waals surface area contributed by atoms with Gasteiger partial charge in [0.1, 0.15) is 0 Å². The molecule has 1 aromatic rings. The molecule has 1 aromatic heterocycles. The zero-order chi connectivity index (χ0) is 11.1. The molecule has 0 atom stereocenters. The molecule has 0 saturated heterocycles.